The molecule has 1 N–H and O–H groups in total. The minimum Gasteiger partial charge on any atom is -0.489 e. The first kappa shape index (κ1) is 16.3. The van der Waals surface area contributed by atoms with Gasteiger partial charge in [0, 0.05) is 17.4 Å². The Labute approximate surface area is 127 Å². The van der Waals surface area contributed by atoms with Crippen molar-refractivity contribution in [3.05, 3.63) is 23.2 Å². The van der Waals surface area contributed by atoms with Crippen molar-refractivity contribution < 1.29 is 9.53 Å². The van der Waals surface area contributed by atoms with Crippen LogP contribution in [0.2, 0.25) is 5.02 Å². The van der Waals surface area contributed by atoms with E-state index in [2.05, 4.69) is 21.2 Å². The Kier molecular flexibility index (Phi) is 7.24. The standard InChI is InChI=1S/C14H19BrClNO2/c1-10(2)19-13-7-6-11(9-12(13)16)17-14(18)5-3-4-8-15/h6-7,9-10H,3-5,8H2,1-2H3,(H,17,18). The lowest BCUT2D eigenvalue weighted by molar-refractivity contribution is -0.116. The summed E-state index contributed by atoms with van der Waals surface area (Å²) in [6.07, 6.45) is 2.46. The molecule has 1 aromatic carbocycles. The Morgan fingerprint density at radius 2 is 2.16 bits per heavy atom. The zero-order valence-corrected chi connectivity index (χ0v) is 13.6. The zero-order valence-electron chi connectivity index (χ0n) is 11.2. The predicted molar refractivity (Wildman–Crippen MR) is 83.5 cm³/mol. The number of ether oxygens (including phenoxy) is 1. The van der Waals surface area contributed by atoms with Gasteiger partial charge in [-0.2, -0.15) is 0 Å². The normalized spacial score (nSPS) is 10.6. The number of unbranched alkanes of at least 4 members (excludes halogenated alkanes) is 1. The predicted octanol–water partition coefficient (Wildman–Crippen LogP) is 4.63. The molecule has 0 saturated carbocycles. The van der Waals surface area contributed by atoms with Gasteiger partial charge in [0.05, 0.1) is 11.1 Å². The van der Waals surface area contributed by atoms with Crippen molar-refractivity contribution in [3.63, 3.8) is 0 Å². The van der Waals surface area contributed by atoms with Crippen LogP contribution in [0, 0.1) is 0 Å². The summed E-state index contributed by atoms with van der Waals surface area (Å²) in [6.45, 7) is 3.88. The molecule has 106 valence electrons. The second-order valence-corrected chi connectivity index (χ2v) is 5.71. The van der Waals surface area contributed by atoms with Gasteiger partial charge >= 0.3 is 0 Å². The van der Waals surface area contributed by atoms with Crippen LogP contribution >= 0.6 is 27.5 Å². The topological polar surface area (TPSA) is 38.3 Å². The Morgan fingerprint density at radius 1 is 1.42 bits per heavy atom. The van der Waals surface area contributed by atoms with Gasteiger partial charge in [-0.25, -0.2) is 0 Å². The summed E-state index contributed by atoms with van der Waals surface area (Å²) >= 11 is 9.44. The van der Waals surface area contributed by atoms with Crippen LogP contribution in [0.25, 0.3) is 0 Å². The van der Waals surface area contributed by atoms with Gasteiger partial charge in [0.25, 0.3) is 0 Å². The van der Waals surface area contributed by atoms with E-state index in [4.69, 9.17) is 16.3 Å². The number of benzene rings is 1. The van der Waals surface area contributed by atoms with Crippen molar-refractivity contribution in [2.24, 2.45) is 0 Å². The maximum atomic E-state index is 11.7. The smallest absolute Gasteiger partial charge is 0.224 e. The van der Waals surface area contributed by atoms with Gasteiger partial charge in [-0.1, -0.05) is 27.5 Å². The fourth-order valence-electron chi connectivity index (χ4n) is 1.53. The van der Waals surface area contributed by atoms with E-state index in [-0.39, 0.29) is 12.0 Å². The van der Waals surface area contributed by atoms with Gasteiger partial charge in [-0.15, -0.1) is 0 Å². The maximum absolute atomic E-state index is 11.7. The Bertz CT molecular complexity index is 424. The summed E-state index contributed by atoms with van der Waals surface area (Å²) in [7, 11) is 0. The summed E-state index contributed by atoms with van der Waals surface area (Å²) in [5, 5.41) is 4.26. The van der Waals surface area contributed by atoms with Crippen LogP contribution in [0.4, 0.5) is 5.69 Å². The first-order chi connectivity index (χ1) is 9.02. The van der Waals surface area contributed by atoms with Crippen LogP contribution in [0.5, 0.6) is 5.75 Å². The monoisotopic (exact) mass is 347 g/mol. The van der Waals surface area contributed by atoms with Crippen LogP contribution in [0.1, 0.15) is 33.1 Å². The SMILES string of the molecule is CC(C)Oc1ccc(NC(=O)CCCCBr)cc1Cl. The van der Waals surface area contributed by atoms with E-state index < -0.39 is 0 Å². The summed E-state index contributed by atoms with van der Waals surface area (Å²) in [5.74, 6) is 0.642. The number of hydrogen-bond acceptors (Lipinski definition) is 2. The van der Waals surface area contributed by atoms with E-state index in [1.807, 2.05) is 13.8 Å². The summed E-state index contributed by atoms with van der Waals surface area (Å²) in [6, 6.07) is 5.28. The number of hydrogen-bond donors (Lipinski definition) is 1. The third-order valence-electron chi connectivity index (χ3n) is 2.37. The van der Waals surface area contributed by atoms with E-state index in [0.717, 1.165) is 18.2 Å². The van der Waals surface area contributed by atoms with Gasteiger partial charge < -0.3 is 10.1 Å². The van der Waals surface area contributed by atoms with E-state index in [9.17, 15) is 4.79 Å². The molecule has 0 aliphatic carbocycles. The Hall–Kier alpha value is -0.740. The molecule has 0 heterocycles. The first-order valence-electron chi connectivity index (χ1n) is 6.35. The highest BCUT2D eigenvalue weighted by molar-refractivity contribution is 9.09. The number of nitrogens with one attached hydrogen (secondary N) is 1. The third kappa shape index (κ3) is 6.30. The minimum absolute atomic E-state index is 0.00884. The van der Waals surface area contributed by atoms with E-state index in [1.165, 1.54) is 0 Å². The summed E-state index contributed by atoms with van der Waals surface area (Å²) in [5.41, 5.74) is 0.699. The number of alkyl halides is 1. The molecule has 0 aliphatic rings. The van der Waals surface area contributed by atoms with Gasteiger partial charge in [0.15, 0.2) is 0 Å². The van der Waals surface area contributed by atoms with Crippen molar-refractivity contribution in [3.8, 4) is 5.75 Å². The molecule has 19 heavy (non-hydrogen) atoms. The quantitative estimate of drug-likeness (QED) is 0.576. The number of rotatable bonds is 7. The number of amides is 1. The van der Waals surface area contributed by atoms with Crippen LogP contribution in [-0.4, -0.2) is 17.3 Å². The molecule has 0 saturated heterocycles. The molecule has 0 aromatic heterocycles. The van der Waals surface area contributed by atoms with E-state index >= 15 is 0 Å². The highest BCUT2D eigenvalue weighted by Gasteiger charge is 2.07. The lowest BCUT2D eigenvalue weighted by atomic mass is 10.2. The van der Waals surface area contributed by atoms with E-state index in [1.54, 1.807) is 18.2 Å². The van der Waals surface area contributed by atoms with Gasteiger partial charge in [0.1, 0.15) is 5.75 Å². The molecule has 1 aromatic rings. The van der Waals surface area contributed by atoms with E-state index in [0.29, 0.717) is 22.9 Å². The molecule has 0 radical (unpaired) electrons. The summed E-state index contributed by atoms with van der Waals surface area (Å²) in [4.78, 5) is 11.7. The average molecular weight is 349 g/mol. The number of anilines is 1. The second-order valence-electron chi connectivity index (χ2n) is 4.51. The van der Waals surface area contributed by atoms with Crippen molar-refractivity contribution in [1.82, 2.24) is 0 Å². The van der Waals surface area contributed by atoms with Gasteiger partial charge in [-0.05, 0) is 44.9 Å². The van der Waals surface area contributed by atoms with Crippen LogP contribution in [0.3, 0.4) is 0 Å². The Balaban J connectivity index is 2.55. The summed E-state index contributed by atoms with van der Waals surface area (Å²) < 4.78 is 5.53. The van der Waals surface area contributed by atoms with Crippen LogP contribution in [-0.2, 0) is 4.79 Å². The van der Waals surface area contributed by atoms with Crippen LogP contribution in [0.15, 0.2) is 18.2 Å². The molecule has 1 rings (SSSR count). The largest absolute Gasteiger partial charge is 0.489 e. The lowest BCUT2D eigenvalue weighted by Crippen LogP contribution is -2.11. The molecular weight excluding hydrogens is 330 g/mol. The maximum Gasteiger partial charge on any atom is 0.224 e. The van der Waals surface area contributed by atoms with Crippen molar-refractivity contribution in [2.45, 2.75) is 39.2 Å². The van der Waals surface area contributed by atoms with Gasteiger partial charge in [0.2, 0.25) is 5.91 Å². The fourth-order valence-corrected chi connectivity index (χ4v) is 2.15. The minimum atomic E-state index is 0.00884. The number of carbonyl (C=O) groups is 1. The number of carbonyl (C=O) groups excluding carboxylic acids is 1. The molecule has 0 atom stereocenters. The van der Waals surface area contributed by atoms with Crippen molar-refractivity contribution >= 4 is 39.1 Å². The zero-order chi connectivity index (χ0) is 14.3. The van der Waals surface area contributed by atoms with Crippen molar-refractivity contribution in [2.75, 3.05) is 10.6 Å². The van der Waals surface area contributed by atoms with Gasteiger partial charge in [-0.3, -0.25) is 4.79 Å². The number of halogens is 2. The molecule has 0 spiro atoms. The molecule has 0 bridgehead atoms. The molecule has 0 aliphatic heterocycles. The average Bonchev–Trinajstić information content (AvgIpc) is 2.32. The Morgan fingerprint density at radius 3 is 2.74 bits per heavy atom. The first-order valence-corrected chi connectivity index (χ1v) is 7.85. The molecule has 0 unspecified atom stereocenters. The third-order valence-corrected chi connectivity index (χ3v) is 3.22. The molecule has 1 amide bonds. The fraction of sp³-hybridized carbons (Fsp3) is 0.500. The molecule has 0 fully saturated rings. The second kappa shape index (κ2) is 8.43. The molecular formula is C14H19BrClNO2. The molecule has 5 heteroatoms. The lowest BCUT2D eigenvalue weighted by Gasteiger charge is -2.12. The van der Waals surface area contributed by atoms with Crippen LogP contribution < -0.4 is 10.1 Å². The molecule has 3 nitrogen and oxygen atoms in total. The highest BCUT2D eigenvalue weighted by Crippen LogP contribution is 2.28. The highest BCUT2D eigenvalue weighted by atomic mass is 79.9. The van der Waals surface area contributed by atoms with Crippen molar-refractivity contribution in [1.29, 1.82) is 0 Å².